The van der Waals surface area contributed by atoms with E-state index in [-0.39, 0.29) is 0 Å². The molecule has 0 radical (unpaired) electrons. The van der Waals surface area contributed by atoms with Crippen LogP contribution in [0.15, 0.2) is 30.3 Å². The van der Waals surface area contributed by atoms with Gasteiger partial charge in [0, 0.05) is 6.54 Å². The van der Waals surface area contributed by atoms with Gasteiger partial charge in [-0.3, -0.25) is 0 Å². The van der Waals surface area contributed by atoms with Crippen molar-refractivity contribution in [2.45, 2.75) is 59.3 Å². The van der Waals surface area contributed by atoms with Crippen LogP contribution in [0.3, 0.4) is 0 Å². The van der Waals surface area contributed by atoms with Crippen LogP contribution in [0.2, 0.25) is 0 Å². The van der Waals surface area contributed by atoms with E-state index in [1.54, 1.807) is 0 Å². The minimum atomic E-state index is 0.389. The fourth-order valence-corrected chi connectivity index (χ4v) is 2.76. The van der Waals surface area contributed by atoms with Gasteiger partial charge in [0.1, 0.15) is 5.75 Å². The SMILES string of the molecule is CCCCC(CC)(CCOc1ccccc1)CNCCC. The lowest BCUT2D eigenvalue weighted by Gasteiger charge is -2.33. The molecule has 1 atom stereocenters. The van der Waals surface area contributed by atoms with Gasteiger partial charge in [0.2, 0.25) is 0 Å². The topological polar surface area (TPSA) is 21.3 Å². The molecule has 2 nitrogen and oxygen atoms in total. The average Bonchev–Trinajstić information content (AvgIpc) is 2.53. The lowest BCUT2D eigenvalue weighted by atomic mass is 9.77. The van der Waals surface area contributed by atoms with Crippen molar-refractivity contribution in [3.63, 3.8) is 0 Å². The molecule has 120 valence electrons. The molecule has 0 heterocycles. The van der Waals surface area contributed by atoms with E-state index in [1.807, 2.05) is 30.3 Å². The van der Waals surface area contributed by atoms with Gasteiger partial charge in [-0.2, -0.15) is 0 Å². The number of benzene rings is 1. The first-order valence-corrected chi connectivity index (χ1v) is 8.65. The van der Waals surface area contributed by atoms with Gasteiger partial charge in [-0.15, -0.1) is 0 Å². The normalized spacial score (nSPS) is 13.9. The molecule has 0 saturated heterocycles. The lowest BCUT2D eigenvalue weighted by molar-refractivity contribution is 0.165. The smallest absolute Gasteiger partial charge is 0.119 e. The fraction of sp³-hybridized carbons (Fsp3) is 0.684. The molecule has 0 aliphatic heterocycles. The maximum atomic E-state index is 5.92. The van der Waals surface area contributed by atoms with Gasteiger partial charge in [0.15, 0.2) is 0 Å². The van der Waals surface area contributed by atoms with Gasteiger partial charge in [-0.05, 0) is 49.8 Å². The summed E-state index contributed by atoms with van der Waals surface area (Å²) in [5.74, 6) is 0.986. The van der Waals surface area contributed by atoms with Gasteiger partial charge in [0.05, 0.1) is 6.61 Å². The highest BCUT2D eigenvalue weighted by Gasteiger charge is 2.27. The zero-order chi connectivity index (χ0) is 15.4. The second-order valence-corrected chi connectivity index (χ2v) is 6.05. The average molecular weight is 291 g/mol. The first-order chi connectivity index (χ1) is 10.3. The third-order valence-electron chi connectivity index (χ3n) is 4.38. The molecule has 0 aliphatic carbocycles. The summed E-state index contributed by atoms with van der Waals surface area (Å²) >= 11 is 0. The van der Waals surface area contributed by atoms with E-state index in [1.165, 1.54) is 32.1 Å². The molecule has 0 aromatic heterocycles. The Bertz CT molecular complexity index is 352. The Labute approximate surface area is 131 Å². The first kappa shape index (κ1) is 18.0. The zero-order valence-electron chi connectivity index (χ0n) is 14.2. The molecule has 0 aliphatic rings. The molecule has 0 saturated carbocycles. The van der Waals surface area contributed by atoms with E-state index in [0.29, 0.717) is 5.41 Å². The Morgan fingerprint density at radius 2 is 1.76 bits per heavy atom. The summed E-state index contributed by atoms with van der Waals surface area (Å²) in [6.07, 6.45) is 7.45. The van der Waals surface area contributed by atoms with Crippen molar-refractivity contribution in [3.05, 3.63) is 30.3 Å². The third-order valence-corrected chi connectivity index (χ3v) is 4.38. The van der Waals surface area contributed by atoms with Crippen molar-refractivity contribution in [2.75, 3.05) is 19.7 Å². The monoisotopic (exact) mass is 291 g/mol. The second-order valence-electron chi connectivity index (χ2n) is 6.05. The summed E-state index contributed by atoms with van der Waals surface area (Å²) in [5.41, 5.74) is 0.389. The van der Waals surface area contributed by atoms with Crippen molar-refractivity contribution >= 4 is 0 Å². The molecule has 1 rings (SSSR count). The maximum Gasteiger partial charge on any atom is 0.119 e. The van der Waals surface area contributed by atoms with Gasteiger partial charge < -0.3 is 10.1 Å². The summed E-state index contributed by atoms with van der Waals surface area (Å²) in [6.45, 7) is 9.88. The van der Waals surface area contributed by atoms with Gasteiger partial charge in [-0.1, -0.05) is 51.8 Å². The van der Waals surface area contributed by atoms with Crippen LogP contribution < -0.4 is 10.1 Å². The Hall–Kier alpha value is -1.02. The van der Waals surface area contributed by atoms with E-state index < -0.39 is 0 Å². The van der Waals surface area contributed by atoms with E-state index in [4.69, 9.17) is 4.74 Å². The zero-order valence-corrected chi connectivity index (χ0v) is 14.2. The second kappa shape index (κ2) is 10.7. The Balaban J connectivity index is 2.49. The molecule has 0 bridgehead atoms. The summed E-state index contributed by atoms with van der Waals surface area (Å²) in [5, 5.41) is 3.63. The molecule has 0 amide bonds. The number of hydrogen-bond donors (Lipinski definition) is 1. The van der Waals surface area contributed by atoms with Crippen LogP contribution in [-0.4, -0.2) is 19.7 Å². The molecule has 1 aromatic carbocycles. The van der Waals surface area contributed by atoms with Crippen molar-refractivity contribution in [2.24, 2.45) is 5.41 Å². The van der Waals surface area contributed by atoms with Crippen LogP contribution in [0.1, 0.15) is 59.3 Å². The summed E-state index contributed by atoms with van der Waals surface area (Å²) in [4.78, 5) is 0. The molecule has 1 aromatic rings. The Kier molecular flexibility index (Phi) is 9.16. The molecule has 1 unspecified atom stereocenters. The van der Waals surface area contributed by atoms with Crippen molar-refractivity contribution in [1.29, 1.82) is 0 Å². The predicted octanol–water partition coefficient (Wildman–Crippen LogP) is 5.04. The molecule has 0 fully saturated rings. The minimum absolute atomic E-state index is 0.389. The predicted molar refractivity (Wildman–Crippen MR) is 92.0 cm³/mol. The van der Waals surface area contributed by atoms with E-state index in [0.717, 1.165) is 31.9 Å². The summed E-state index contributed by atoms with van der Waals surface area (Å²) in [6, 6.07) is 10.2. The number of unbranched alkanes of at least 4 members (excludes halogenated alkanes) is 1. The number of ether oxygens (including phenoxy) is 1. The Morgan fingerprint density at radius 3 is 2.38 bits per heavy atom. The Morgan fingerprint density at radius 1 is 1.00 bits per heavy atom. The summed E-state index contributed by atoms with van der Waals surface area (Å²) < 4.78 is 5.92. The highest BCUT2D eigenvalue weighted by atomic mass is 16.5. The van der Waals surface area contributed by atoms with Gasteiger partial charge >= 0.3 is 0 Å². The standard InChI is InChI=1S/C19H33NO/c1-4-7-13-19(6-3,17-20-15-5-2)14-16-21-18-11-9-8-10-12-18/h8-12,20H,4-7,13-17H2,1-3H3. The van der Waals surface area contributed by atoms with Gasteiger partial charge in [-0.25, -0.2) is 0 Å². The van der Waals surface area contributed by atoms with Crippen LogP contribution in [0.25, 0.3) is 0 Å². The first-order valence-electron chi connectivity index (χ1n) is 8.65. The highest BCUT2D eigenvalue weighted by Crippen LogP contribution is 2.32. The number of para-hydroxylation sites is 1. The van der Waals surface area contributed by atoms with Crippen molar-refractivity contribution in [3.8, 4) is 5.75 Å². The van der Waals surface area contributed by atoms with Crippen LogP contribution >= 0.6 is 0 Å². The number of nitrogens with one attached hydrogen (secondary N) is 1. The van der Waals surface area contributed by atoms with E-state index in [2.05, 4.69) is 26.1 Å². The van der Waals surface area contributed by atoms with E-state index >= 15 is 0 Å². The largest absolute Gasteiger partial charge is 0.494 e. The molecule has 21 heavy (non-hydrogen) atoms. The molecular formula is C19H33NO. The van der Waals surface area contributed by atoms with Crippen LogP contribution in [0.4, 0.5) is 0 Å². The molecule has 0 spiro atoms. The lowest BCUT2D eigenvalue weighted by Crippen LogP contribution is -2.35. The van der Waals surface area contributed by atoms with E-state index in [9.17, 15) is 0 Å². The van der Waals surface area contributed by atoms with Gasteiger partial charge in [0.25, 0.3) is 0 Å². The maximum absolute atomic E-state index is 5.92. The van der Waals surface area contributed by atoms with Crippen molar-refractivity contribution in [1.82, 2.24) is 5.32 Å². The highest BCUT2D eigenvalue weighted by molar-refractivity contribution is 5.20. The van der Waals surface area contributed by atoms with Crippen molar-refractivity contribution < 1.29 is 4.74 Å². The van der Waals surface area contributed by atoms with Crippen LogP contribution in [0, 0.1) is 5.41 Å². The van der Waals surface area contributed by atoms with Crippen LogP contribution in [-0.2, 0) is 0 Å². The molecule has 1 N–H and O–H groups in total. The number of rotatable bonds is 12. The summed E-state index contributed by atoms with van der Waals surface area (Å²) in [7, 11) is 0. The minimum Gasteiger partial charge on any atom is -0.494 e. The number of hydrogen-bond acceptors (Lipinski definition) is 2. The fourth-order valence-electron chi connectivity index (χ4n) is 2.76. The molecule has 2 heteroatoms. The third kappa shape index (κ3) is 6.99. The quantitative estimate of drug-likeness (QED) is 0.545. The molecular weight excluding hydrogens is 258 g/mol. The van der Waals surface area contributed by atoms with Crippen LogP contribution in [0.5, 0.6) is 5.75 Å².